The van der Waals surface area contributed by atoms with E-state index in [-0.39, 0.29) is 6.04 Å². The fourth-order valence-electron chi connectivity index (χ4n) is 2.50. The Labute approximate surface area is 121 Å². The number of fused-ring (bicyclic) bond motifs is 1. The predicted octanol–water partition coefficient (Wildman–Crippen LogP) is 4.21. The first-order valence-corrected chi connectivity index (χ1v) is 7.47. The SMILES string of the molecule is CCCNC(CCCOC)c1cc2cccc(C)c2o1. The minimum Gasteiger partial charge on any atom is -0.459 e. The Hall–Kier alpha value is -1.32. The summed E-state index contributed by atoms with van der Waals surface area (Å²) in [6, 6.07) is 8.73. The zero-order valence-corrected chi connectivity index (χ0v) is 12.7. The number of para-hydroxylation sites is 1. The van der Waals surface area contributed by atoms with Crippen LogP contribution in [0.4, 0.5) is 0 Å². The molecule has 3 nitrogen and oxygen atoms in total. The van der Waals surface area contributed by atoms with Crippen LogP contribution in [-0.4, -0.2) is 20.3 Å². The molecule has 2 rings (SSSR count). The van der Waals surface area contributed by atoms with Crippen LogP contribution in [0.1, 0.15) is 43.6 Å². The first-order chi connectivity index (χ1) is 9.76. The van der Waals surface area contributed by atoms with Crippen LogP contribution in [-0.2, 0) is 4.74 Å². The lowest BCUT2D eigenvalue weighted by atomic mass is 10.1. The van der Waals surface area contributed by atoms with Crippen LogP contribution in [0.3, 0.4) is 0 Å². The van der Waals surface area contributed by atoms with Gasteiger partial charge in [-0.1, -0.05) is 25.1 Å². The van der Waals surface area contributed by atoms with Gasteiger partial charge in [0.05, 0.1) is 6.04 Å². The number of ether oxygens (including phenoxy) is 1. The predicted molar refractivity (Wildman–Crippen MR) is 83.1 cm³/mol. The molecule has 0 fully saturated rings. The summed E-state index contributed by atoms with van der Waals surface area (Å²) in [5.41, 5.74) is 2.21. The quantitative estimate of drug-likeness (QED) is 0.733. The van der Waals surface area contributed by atoms with Gasteiger partial charge in [-0.3, -0.25) is 0 Å². The molecule has 0 aliphatic heterocycles. The zero-order valence-electron chi connectivity index (χ0n) is 12.7. The Morgan fingerprint density at radius 1 is 1.35 bits per heavy atom. The smallest absolute Gasteiger partial charge is 0.137 e. The molecule has 3 heteroatoms. The molecule has 1 atom stereocenters. The average Bonchev–Trinajstić information content (AvgIpc) is 2.88. The molecule has 1 heterocycles. The summed E-state index contributed by atoms with van der Waals surface area (Å²) in [5, 5.41) is 4.77. The van der Waals surface area contributed by atoms with Crippen molar-refractivity contribution in [3.8, 4) is 0 Å². The van der Waals surface area contributed by atoms with Crippen molar-refractivity contribution in [3.63, 3.8) is 0 Å². The topological polar surface area (TPSA) is 34.4 Å². The molecular formula is C17H25NO2. The molecule has 0 aliphatic carbocycles. The highest BCUT2D eigenvalue weighted by Crippen LogP contribution is 2.28. The Balaban J connectivity index is 2.18. The van der Waals surface area contributed by atoms with E-state index in [1.54, 1.807) is 7.11 Å². The average molecular weight is 275 g/mol. The number of nitrogens with one attached hydrogen (secondary N) is 1. The third-order valence-corrected chi connectivity index (χ3v) is 3.59. The Kier molecular flexibility index (Phi) is 5.62. The fraction of sp³-hybridized carbons (Fsp3) is 0.529. The standard InChI is InChI=1S/C17H25NO2/c1-4-10-18-15(9-6-11-19-3)16-12-14-8-5-7-13(2)17(14)20-16/h5,7-8,12,15,18H,4,6,9-11H2,1-3H3. The van der Waals surface area contributed by atoms with Crippen molar-refractivity contribution in [2.24, 2.45) is 0 Å². The largest absolute Gasteiger partial charge is 0.459 e. The van der Waals surface area contributed by atoms with E-state index in [9.17, 15) is 0 Å². The van der Waals surface area contributed by atoms with E-state index in [1.165, 1.54) is 10.9 Å². The molecule has 1 aromatic heterocycles. The van der Waals surface area contributed by atoms with E-state index in [0.29, 0.717) is 0 Å². The minimum absolute atomic E-state index is 0.275. The van der Waals surface area contributed by atoms with E-state index < -0.39 is 0 Å². The highest BCUT2D eigenvalue weighted by atomic mass is 16.5. The lowest BCUT2D eigenvalue weighted by molar-refractivity contribution is 0.187. The summed E-state index contributed by atoms with van der Waals surface area (Å²) in [7, 11) is 1.75. The summed E-state index contributed by atoms with van der Waals surface area (Å²) >= 11 is 0. The van der Waals surface area contributed by atoms with Crippen LogP contribution in [0.15, 0.2) is 28.7 Å². The van der Waals surface area contributed by atoms with Crippen molar-refractivity contribution in [1.82, 2.24) is 5.32 Å². The minimum atomic E-state index is 0.275. The van der Waals surface area contributed by atoms with E-state index in [4.69, 9.17) is 9.15 Å². The van der Waals surface area contributed by atoms with Gasteiger partial charge in [-0.25, -0.2) is 0 Å². The van der Waals surface area contributed by atoms with Gasteiger partial charge < -0.3 is 14.5 Å². The maximum absolute atomic E-state index is 6.09. The second kappa shape index (κ2) is 7.46. The van der Waals surface area contributed by atoms with E-state index in [0.717, 1.165) is 43.8 Å². The van der Waals surface area contributed by atoms with Crippen LogP contribution in [0.25, 0.3) is 11.0 Å². The van der Waals surface area contributed by atoms with Crippen molar-refractivity contribution in [2.45, 2.75) is 39.2 Å². The molecule has 0 saturated carbocycles. The summed E-state index contributed by atoms with van der Waals surface area (Å²) < 4.78 is 11.2. The molecule has 20 heavy (non-hydrogen) atoms. The number of aryl methyl sites for hydroxylation is 1. The van der Waals surface area contributed by atoms with Gasteiger partial charge in [0, 0.05) is 19.1 Å². The van der Waals surface area contributed by atoms with Gasteiger partial charge >= 0.3 is 0 Å². The number of benzene rings is 1. The first-order valence-electron chi connectivity index (χ1n) is 7.47. The van der Waals surface area contributed by atoms with Crippen molar-refractivity contribution in [2.75, 3.05) is 20.3 Å². The molecule has 0 amide bonds. The van der Waals surface area contributed by atoms with Gasteiger partial charge in [0.1, 0.15) is 11.3 Å². The third kappa shape index (κ3) is 3.62. The van der Waals surface area contributed by atoms with Crippen molar-refractivity contribution in [1.29, 1.82) is 0 Å². The van der Waals surface area contributed by atoms with Crippen LogP contribution >= 0.6 is 0 Å². The van der Waals surface area contributed by atoms with Crippen molar-refractivity contribution >= 4 is 11.0 Å². The van der Waals surface area contributed by atoms with Crippen molar-refractivity contribution < 1.29 is 9.15 Å². The lowest BCUT2D eigenvalue weighted by Crippen LogP contribution is -2.22. The second-order valence-corrected chi connectivity index (χ2v) is 5.28. The van der Waals surface area contributed by atoms with Gasteiger partial charge in [0.25, 0.3) is 0 Å². The van der Waals surface area contributed by atoms with Crippen LogP contribution in [0, 0.1) is 6.92 Å². The van der Waals surface area contributed by atoms with Gasteiger partial charge in [-0.05, 0) is 44.4 Å². The molecule has 0 radical (unpaired) electrons. The lowest BCUT2D eigenvalue weighted by Gasteiger charge is -2.15. The summed E-state index contributed by atoms with van der Waals surface area (Å²) in [5.74, 6) is 1.04. The monoisotopic (exact) mass is 275 g/mol. The number of rotatable bonds is 8. The third-order valence-electron chi connectivity index (χ3n) is 3.59. The maximum Gasteiger partial charge on any atom is 0.137 e. The Bertz CT molecular complexity index is 533. The van der Waals surface area contributed by atoms with E-state index in [1.807, 2.05) is 0 Å². The molecule has 1 N–H and O–H groups in total. The van der Waals surface area contributed by atoms with Gasteiger partial charge in [0.15, 0.2) is 0 Å². The maximum atomic E-state index is 6.09. The number of hydrogen-bond donors (Lipinski definition) is 1. The molecule has 1 unspecified atom stereocenters. The summed E-state index contributed by atoms with van der Waals surface area (Å²) in [6.45, 7) is 6.08. The molecular weight excluding hydrogens is 250 g/mol. The van der Waals surface area contributed by atoms with Gasteiger partial charge in [-0.2, -0.15) is 0 Å². The Morgan fingerprint density at radius 3 is 2.90 bits per heavy atom. The van der Waals surface area contributed by atoms with E-state index >= 15 is 0 Å². The highest BCUT2D eigenvalue weighted by Gasteiger charge is 2.16. The fourth-order valence-corrected chi connectivity index (χ4v) is 2.50. The van der Waals surface area contributed by atoms with Crippen LogP contribution < -0.4 is 5.32 Å². The van der Waals surface area contributed by atoms with Gasteiger partial charge in [-0.15, -0.1) is 0 Å². The number of methoxy groups -OCH3 is 1. The molecule has 0 aliphatic rings. The van der Waals surface area contributed by atoms with Gasteiger partial charge in [0.2, 0.25) is 0 Å². The van der Waals surface area contributed by atoms with E-state index in [2.05, 4.69) is 43.4 Å². The zero-order chi connectivity index (χ0) is 14.4. The van der Waals surface area contributed by atoms with Crippen molar-refractivity contribution in [3.05, 3.63) is 35.6 Å². The molecule has 2 aromatic rings. The second-order valence-electron chi connectivity index (χ2n) is 5.28. The summed E-state index contributed by atoms with van der Waals surface area (Å²) in [6.07, 6.45) is 3.20. The van der Waals surface area contributed by atoms with Crippen LogP contribution in [0.2, 0.25) is 0 Å². The molecule has 1 aromatic carbocycles. The highest BCUT2D eigenvalue weighted by molar-refractivity contribution is 5.80. The summed E-state index contributed by atoms with van der Waals surface area (Å²) in [4.78, 5) is 0. The van der Waals surface area contributed by atoms with Crippen LogP contribution in [0.5, 0.6) is 0 Å². The normalized spacial score (nSPS) is 12.9. The number of furan rings is 1. The Morgan fingerprint density at radius 2 is 2.20 bits per heavy atom. The molecule has 0 spiro atoms. The molecule has 110 valence electrons. The molecule has 0 saturated heterocycles. The molecule has 0 bridgehead atoms. The first kappa shape index (κ1) is 15.1. The number of hydrogen-bond acceptors (Lipinski definition) is 3.